The Balaban J connectivity index is 1.27. The molecule has 2 amide bonds. The molecule has 0 aromatic heterocycles. The molecule has 2 heterocycles. The standard InChI is InChI=1S/C28H36ClN3O2/c1-2-3-7-25-8-4-5-16-31(25)17-6-15-30-27(33)22-11-12-23-20-32(28(34)26(23)18-22)19-21-9-13-24(29)14-10-21/h9-14,18,25H,2-8,15-17,19-20H2,1H3,(H,30,33). The van der Waals surface area contributed by atoms with Gasteiger partial charge >= 0.3 is 0 Å². The van der Waals surface area contributed by atoms with Gasteiger partial charge in [-0.1, -0.05) is 56.0 Å². The average Bonchev–Trinajstić information content (AvgIpc) is 3.16. The number of piperidine rings is 1. The third-order valence-corrected chi connectivity index (χ3v) is 7.34. The fourth-order valence-electron chi connectivity index (χ4n) is 5.15. The first-order chi connectivity index (χ1) is 16.5. The second-order valence-electron chi connectivity index (χ2n) is 9.60. The van der Waals surface area contributed by atoms with Crippen molar-refractivity contribution < 1.29 is 9.59 Å². The van der Waals surface area contributed by atoms with Gasteiger partial charge in [-0.2, -0.15) is 0 Å². The Hall–Kier alpha value is -2.37. The van der Waals surface area contributed by atoms with Gasteiger partial charge in [-0.25, -0.2) is 0 Å². The van der Waals surface area contributed by atoms with Crippen LogP contribution in [-0.4, -0.2) is 47.3 Å². The quantitative estimate of drug-likeness (QED) is 0.445. The Bertz CT molecular complexity index is 992. The Kier molecular flexibility index (Phi) is 8.63. The summed E-state index contributed by atoms with van der Waals surface area (Å²) in [6.45, 7) is 6.23. The van der Waals surface area contributed by atoms with E-state index >= 15 is 0 Å². The van der Waals surface area contributed by atoms with Gasteiger partial charge in [0.2, 0.25) is 0 Å². The SMILES string of the molecule is CCCCC1CCCCN1CCCNC(=O)c1ccc2c(c1)C(=O)N(Cc1ccc(Cl)cc1)C2. The van der Waals surface area contributed by atoms with Crippen molar-refractivity contribution in [3.05, 3.63) is 69.7 Å². The van der Waals surface area contributed by atoms with E-state index in [-0.39, 0.29) is 11.8 Å². The Labute approximate surface area is 208 Å². The summed E-state index contributed by atoms with van der Waals surface area (Å²) in [6, 6.07) is 13.8. The van der Waals surface area contributed by atoms with E-state index in [2.05, 4.69) is 17.1 Å². The maximum Gasteiger partial charge on any atom is 0.254 e. The van der Waals surface area contributed by atoms with E-state index in [1.165, 1.54) is 45.1 Å². The Morgan fingerprint density at radius 3 is 2.74 bits per heavy atom. The molecule has 1 unspecified atom stereocenters. The van der Waals surface area contributed by atoms with Crippen LogP contribution in [0, 0.1) is 0 Å². The van der Waals surface area contributed by atoms with E-state index in [0.717, 1.165) is 24.1 Å². The lowest BCUT2D eigenvalue weighted by Crippen LogP contribution is -2.41. The van der Waals surface area contributed by atoms with Crippen molar-refractivity contribution >= 4 is 23.4 Å². The van der Waals surface area contributed by atoms with Crippen LogP contribution in [-0.2, 0) is 13.1 Å². The van der Waals surface area contributed by atoms with E-state index in [1.54, 1.807) is 6.07 Å². The Morgan fingerprint density at radius 1 is 1.12 bits per heavy atom. The summed E-state index contributed by atoms with van der Waals surface area (Å²) >= 11 is 5.97. The monoisotopic (exact) mass is 481 g/mol. The molecule has 1 atom stereocenters. The van der Waals surface area contributed by atoms with Gasteiger partial charge in [0, 0.05) is 48.4 Å². The highest BCUT2D eigenvalue weighted by molar-refractivity contribution is 6.30. The van der Waals surface area contributed by atoms with E-state index < -0.39 is 0 Å². The van der Waals surface area contributed by atoms with Crippen molar-refractivity contribution in [2.24, 2.45) is 0 Å². The first-order valence-electron chi connectivity index (χ1n) is 12.7. The molecule has 182 valence electrons. The molecule has 1 saturated heterocycles. The second kappa shape index (κ2) is 11.9. The third-order valence-electron chi connectivity index (χ3n) is 7.09. The van der Waals surface area contributed by atoms with Crippen LogP contribution in [0.15, 0.2) is 42.5 Å². The number of likely N-dealkylation sites (tertiary alicyclic amines) is 1. The number of benzene rings is 2. The predicted molar refractivity (Wildman–Crippen MR) is 137 cm³/mol. The summed E-state index contributed by atoms with van der Waals surface area (Å²) in [5, 5.41) is 3.74. The number of amides is 2. The lowest BCUT2D eigenvalue weighted by Gasteiger charge is -2.36. The molecule has 0 saturated carbocycles. The number of halogens is 1. The van der Waals surface area contributed by atoms with E-state index in [4.69, 9.17) is 11.6 Å². The van der Waals surface area contributed by atoms with Crippen LogP contribution < -0.4 is 5.32 Å². The van der Waals surface area contributed by atoms with E-state index in [9.17, 15) is 9.59 Å². The van der Waals surface area contributed by atoms with Gasteiger partial charge in [-0.15, -0.1) is 0 Å². The van der Waals surface area contributed by atoms with E-state index in [1.807, 2.05) is 41.3 Å². The number of carbonyl (C=O) groups excluding carboxylic acids is 2. The van der Waals surface area contributed by atoms with Gasteiger partial charge < -0.3 is 15.1 Å². The minimum absolute atomic E-state index is 0.0252. The third kappa shape index (κ3) is 6.19. The molecular weight excluding hydrogens is 446 g/mol. The van der Waals surface area contributed by atoms with Crippen molar-refractivity contribution in [2.45, 2.75) is 71.0 Å². The fourth-order valence-corrected chi connectivity index (χ4v) is 5.27. The number of carbonyl (C=O) groups is 2. The van der Waals surface area contributed by atoms with Crippen molar-refractivity contribution in [3.8, 4) is 0 Å². The highest BCUT2D eigenvalue weighted by Gasteiger charge is 2.28. The molecule has 0 spiro atoms. The van der Waals surface area contributed by atoms with Crippen molar-refractivity contribution in [1.29, 1.82) is 0 Å². The summed E-state index contributed by atoms with van der Waals surface area (Å²) < 4.78 is 0. The number of nitrogens with zero attached hydrogens (tertiary/aromatic N) is 2. The molecule has 2 aliphatic heterocycles. The van der Waals surface area contributed by atoms with Gasteiger partial charge in [-0.05, 0) is 67.6 Å². The molecular formula is C28H36ClN3O2. The zero-order valence-electron chi connectivity index (χ0n) is 20.2. The molecule has 2 aliphatic rings. The molecule has 0 aliphatic carbocycles. The molecule has 5 nitrogen and oxygen atoms in total. The van der Waals surface area contributed by atoms with Gasteiger partial charge in [0.25, 0.3) is 11.8 Å². The minimum Gasteiger partial charge on any atom is -0.352 e. The normalized spacial score (nSPS) is 18.2. The highest BCUT2D eigenvalue weighted by Crippen LogP contribution is 2.26. The smallest absolute Gasteiger partial charge is 0.254 e. The summed E-state index contributed by atoms with van der Waals surface area (Å²) in [5.41, 5.74) is 3.20. The van der Waals surface area contributed by atoms with Crippen LogP contribution in [0.4, 0.5) is 0 Å². The van der Waals surface area contributed by atoms with Gasteiger partial charge in [-0.3, -0.25) is 9.59 Å². The summed E-state index contributed by atoms with van der Waals surface area (Å²) in [6.07, 6.45) is 8.73. The maximum absolute atomic E-state index is 12.9. The molecule has 4 rings (SSSR count). The summed E-state index contributed by atoms with van der Waals surface area (Å²) in [5.74, 6) is -0.129. The summed E-state index contributed by atoms with van der Waals surface area (Å²) in [4.78, 5) is 30.1. The average molecular weight is 482 g/mol. The molecule has 1 fully saturated rings. The highest BCUT2D eigenvalue weighted by atomic mass is 35.5. The maximum atomic E-state index is 12.9. The van der Waals surface area contributed by atoms with Crippen molar-refractivity contribution in [3.63, 3.8) is 0 Å². The number of hydrogen-bond acceptors (Lipinski definition) is 3. The molecule has 2 aromatic rings. The van der Waals surface area contributed by atoms with Crippen molar-refractivity contribution in [2.75, 3.05) is 19.6 Å². The molecule has 0 bridgehead atoms. The van der Waals surface area contributed by atoms with Crippen LogP contribution in [0.1, 0.15) is 83.7 Å². The van der Waals surface area contributed by atoms with Gasteiger partial charge in [0.15, 0.2) is 0 Å². The molecule has 2 aromatic carbocycles. The largest absolute Gasteiger partial charge is 0.352 e. The first-order valence-corrected chi connectivity index (χ1v) is 13.1. The molecule has 6 heteroatoms. The molecule has 0 radical (unpaired) electrons. The van der Waals surface area contributed by atoms with Crippen LogP contribution in [0.3, 0.4) is 0 Å². The van der Waals surface area contributed by atoms with Crippen molar-refractivity contribution in [1.82, 2.24) is 15.1 Å². The number of fused-ring (bicyclic) bond motifs is 1. The zero-order chi connectivity index (χ0) is 23.9. The lowest BCUT2D eigenvalue weighted by molar-refractivity contribution is 0.0766. The topological polar surface area (TPSA) is 52.7 Å². The molecule has 1 N–H and O–H groups in total. The fraction of sp³-hybridized carbons (Fsp3) is 0.500. The summed E-state index contributed by atoms with van der Waals surface area (Å²) in [7, 11) is 0. The first kappa shape index (κ1) is 24.7. The van der Waals surface area contributed by atoms with Crippen LogP contribution in [0.5, 0.6) is 0 Å². The number of rotatable bonds is 10. The number of hydrogen-bond donors (Lipinski definition) is 1. The van der Waals surface area contributed by atoms with Gasteiger partial charge in [0.05, 0.1) is 0 Å². The van der Waals surface area contributed by atoms with E-state index in [0.29, 0.717) is 41.8 Å². The zero-order valence-corrected chi connectivity index (χ0v) is 20.9. The minimum atomic E-state index is -0.104. The van der Waals surface area contributed by atoms with Crippen LogP contribution in [0.2, 0.25) is 5.02 Å². The number of nitrogens with one attached hydrogen (secondary N) is 1. The van der Waals surface area contributed by atoms with Gasteiger partial charge in [0.1, 0.15) is 0 Å². The van der Waals surface area contributed by atoms with Crippen LogP contribution >= 0.6 is 11.6 Å². The molecule has 34 heavy (non-hydrogen) atoms. The van der Waals surface area contributed by atoms with Crippen LogP contribution in [0.25, 0.3) is 0 Å². The number of unbranched alkanes of at least 4 members (excludes halogenated alkanes) is 1. The lowest BCUT2D eigenvalue weighted by atomic mass is 9.97. The second-order valence-corrected chi connectivity index (χ2v) is 10.0. The predicted octanol–water partition coefficient (Wildman–Crippen LogP) is 5.66. The Morgan fingerprint density at radius 2 is 1.94 bits per heavy atom.